The largest absolute Gasteiger partial charge is 0.329 e. The quantitative estimate of drug-likeness (QED) is 0.335. The topological polar surface area (TPSA) is 67.2 Å². The van der Waals surface area contributed by atoms with Crippen molar-refractivity contribution in [1.29, 1.82) is 0 Å². The average molecular weight is 151 g/mol. The Bertz CT molecular complexity index is 232. The molecule has 0 atom stereocenters. The van der Waals surface area contributed by atoms with E-state index in [9.17, 15) is 4.79 Å². The molecule has 1 aromatic rings. The number of benzene rings is 1. The SMILES string of the molecule is NNc1ccc(NC=O)cc1. The van der Waals surface area contributed by atoms with Gasteiger partial charge in [0, 0.05) is 11.4 Å². The molecule has 0 aromatic heterocycles. The molecule has 0 saturated heterocycles. The van der Waals surface area contributed by atoms with Gasteiger partial charge in [-0.3, -0.25) is 10.6 Å². The highest BCUT2D eigenvalue weighted by Crippen LogP contribution is 2.10. The number of hydrogen-bond donors (Lipinski definition) is 3. The summed E-state index contributed by atoms with van der Waals surface area (Å²) >= 11 is 0. The van der Waals surface area contributed by atoms with E-state index in [2.05, 4.69) is 10.7 Å². The number of amides is 1. The van der Waals surface area contributed by atoms with E-state index in [-0.39, 0.29) is 0 Å². The predicted molar refractivity (Wildman–Crippen MR) is 43.9 cm³/mol. The van der Waals surface area contributed by atoms with Crippen LogP contribution in [-0.4, -0.2) is 6.41 Å². The molecule has 0 aliphatic rings. The van der Waals surface area contributed by atoms with E-state index in [1.807, 2.05) is 0 Å². The summed E-state index contributed by atoms with van der Waals surface area (Å²) in [7, 11) is 0. The standard InChI is InChI=1S/C7H9N3O/c8-10-7-3-1-6(2-4-7)9-5-11/h1-5,10H,8H2,(H,9,11). The number of nitrogens with two attached hydrogens (primary N) is 1. The van der Waals surface area contributed by atoms with E-state index in [1.165, 1.54) is 0 Å². The fourth-order valence-electron chi connectivity index (χ4n) is 0.731. The lowest BCUT2D eigenvalue weighted by atomic mass is 10.3. The Morgan fingerprint density at radius 1 is 1.18 bits per heavy atom. The molecule has 58 valence electrons. The molecule has 0 aliphatic heterocycles. The van der Waals surface area contributed by atoms with Crippen molar-refractivity contribution < 1.29 is 4.79 Å². The average Bonchev–Trinajstić information content (AvgIpc) is 2.07. The zero-order valence-electron chi connectivity index (χ0n) is 5.87. The third kappa shape index (κ3) is 1.94. The maximum atomic E-state index is 9.98. The number of anilines is 2. The van der Waals surface area contributed by atoms with Gasteiger partial charge in [0.25, 0.3) is 0 Å². The summed E-state index contributed by atoms with van der Waals surface area (Å²) < 4.78 is 0. The number of nitrogen functional groups attached to an aromatic ring is 1. The fourth-order valence-corrected chi connectivity index (χ4v) is 0.731. The predicted octanol–water partition coefficient (Wildman–Crippen LogP) is 0.540. The third-order valence-electron chi connectivity index (χ3n) is 1.28. The van der Waals surface area contributed by atoms with Gasteiger partial charge in [-0.15, -0.1) is 0 Å². The summed E-state index contributed by atoms with van der Waals surface area (Å²) in [5.41, 5.74) is 4.04. The van der Waals surface area contributed by atoms with Crippen molar-refractivity contribution in [2.75, 3.05) is 10.7 Å². The molecule has 0 spiro atoms. The molecular formula is C7H9N3O. The van der Waals surface area contributed by atoms with Crippen LogP contribution in [0.1, 0.15) is 0 Å². The molecule has 0 heterocycles. The maximum Gasteiger partial charge on any atom is 0.211 e. The molecule has 0 fully saturated rings. The molecule has 1 amide bonds. The van der Waals surface area contributed by atoms with Gasteiger partial charge in [-0.05, 0) is 24.3 Å². The van der Waals surface area contributed by atoms with Gasteiger partial charge in [0.15, 0.2) is 0 Å². The highest BCUT2D eigenvalue weighted by molar-refractivity contribution is 5.71. The van der Waals surface area contributed by atoms with Gasteiger partial charge < -0.3 is 10.7 Å². The van der Waals surface area contributed by atoms with Gasteiger partial charge in [-0.1, -0.05) is 0 Å². The lowest BCUT2D eigenvalue weighted by Gasteiger charge is -2.00. The molecule has 4 nitrogen and oxygen atoms in total. The third-order valence-corrected chi connectivity index (χ3v) is 1.28. The Labute approximate surface area is 64.4 Å². The van der Waals surface area contributed by atoms with Crippen LogP contribution >= 0.6 is 0 Å². The molecular weight excluding hydrogens is 142 g/mol. The molecule has 4 N–H and O–H groups in total. The molecule has 1 aromatic carbocycles. The number of rotatable bonds is 3. The van der Waals surface area contributed by atoms with Crippen LogP contribution in [0.25, 0.3) is 0 Å². The summed E-state index contributed by atoms with van der Waals surface area (Å²) in [6, 6.07) is 7.05. The Morgan fingerprint density at radius 3 is 2.18 bits per heavy atom. The molecule has 0 radical (unpaired) electrons. The monoisotopic (exact) mass is 151 g/mol. The smallest absolute Gasteiger partial charge is 0.211 e. The van der Waals surface area contributed by atoms with Gasteiger partial charge in [-0.2, -0.15) is 0 Å². The Balaban J connectivity index is 2.74. The van der Waals surface area contributed by atoms with Crippen molar-refractivity contribution in [2.24, 2.45) is 5.84 Å². The van der Waals surface area contributed by atoms with Crippen LogP contribution in [0.4, 0.5) is 11.4 Å². The normalized spacial score (nSPS) is 8.82. The summed E-state index contributed by atoms with van der Waals surface area (Å²) in [5.74, 6) is 5.13. The second kappa shape index (κ2) is 3.58. The van der Waals surface area contributed by atoms with Crippen molar-refractivity contribution in [2.45, 2.75) is 0 Å². The molecule has 0 saturated carbocycles. The van der Waals surface area contributed by atoms with Crippen LogP contribution < -0.4 is 16.6 Å². The number of carbonyl (C=O) groups excluding carboxylic acids is 1. The zero-order chi connectivity index (χ0) is 8.10. The first kappa shape index (κ1) is 7.56. The number of nitrogens with one attached hydrogen (secondary N) is 2. The zero-order valence-corrected chi connectivity index (χ0v) is 5.87. The van der Waals surface area contributed by atoms with E-state index < -0.39 is 0 Å². The minimum Gasteiger partial charge on any atom is -0.329 e. The van der Waals surface area contributed by atoms with Crippen LogP contribution in [0.3, 0.4) is 0 Å². The second-order valence-electron chi connectivity index (χ2n) is 1.98. The van der Waals surface area contributed by atoms with Crippen molar-refractivity contribution in [3.8, 4) is 0 Å². The molecule has 4 heteroatoms. The van der Waals surface area contributed by atoms with Crippen molar-refractivity contribution in [1.82, 2.24) is 0 Å². The molecule has 1 rings (SSSR count). The second-order valence-corrected chi connectivity index (χ2v) is 1.98. The van der Waals surface area contributed by atoms with Gasteiger partial charge >= 0.3 is 0 Å². The minimum atomic E-state index is 0.630. The fraction of sp³-hybridized carbons (Fsp3) is 0. The van der Waals surface area contributed by atoms with E-state index in [4.69, 9.17) is 5.84 Å². The number of carbonyl (C=O) groups is 1. The van der Waals surface area contributed by atoms with Gasteiger partial charge in [-0.25, -0.2) is 0 Å². The Hall–Kier alpha value is -1.55. The number of hydrogen-bond acceptors (Lipinski definition) is 3. The summed E-state index contributed by atoms with van der Waals surface area (Å²) in [6.07, 6.45) is 0.630. The molecule has 0 unspecified atom stereocenters. The molecule has 0 aliphatic carbocycles. The highest BCUT2D eigenvalue weighted by Gasteiger charge is 1.89. The first-order valence-electron chi connectivity index (χ1n) is 3.13. The van der Waals surface area contributed by atoms with Crippen molar-refractivity contribution in [3.63, 3.8) is 0 Å². The molecule has 11 heavy (non-hydrogen) atoms. The minimum absolute atomic E-state index is 0.630. The first-order chi connectivity index (χ1) is 5.36. The van der Waals surface area contributed by atoms with Crippen LogP contribution in [0, 0.1) is 0 Å². The van der Waals surface area contributed by atoms with Crippen molar-refractivity contribution in [3.05, 3.63) is 24.3 Å². The van der Waals surface area contributed by atoms with Crippen LogP contribution in [0.2, 0.25) is 0 Å². The van der Waals surface area contributed by atoms with Crippen molar-refractivity contribution >= 4 is 17.8 Å². The van der Waals surface area contributed by atoms with Crippen LogP contribution in [0.15, 0.2) is 24.3 Å². The summed E-state index contributed by atoms with van der Waals surface area (Å²) in [4.78, 5) is 9.98. The van der Waals surface area contributed by atoms with E-state index >= 15 is 0 Å². The number of hydrazine groups is 1. The molecule has 0 bridgehead atoms. The van der Waals surface area contributed by atoms with Gasteiger partial charge in [0.2, 0.25) is 6.41 Å². The summed E-state index contributed by atoms with van der Waals surface area (Å²) in [6.45, 7) is 0. The van der Waals surface area contributed by atoms with Gasteiger partial charge in [0.1, 0.15) is 0 Å². The first-order valence-corrected chi connectivity index (χ1v) is 3.13. The Morgan fingerprint density at radius 2 is 1.73 bits per heavy atom. The van der Waals surface area contributed by atoms with E-state index in [0.29, 0.717) is 6.41 Å². The van der Waals surface area contributed by atoms with Crippen LogP contribution in [0.5, 0.6) is 0 Å². The lowest BCUT2D eigenvalue weighted by molar-refractivity contribution is -0.105. The highest BCUT2D eigenvalue weighted by atomic mass is 16.1. The summed E-state index contributed by atoms with van der Waals surface area (Å²) in [5, 5.41) is 2.51. The van der Waals surface area contributed by atoms with Crippen LogP contribution in [-0.2, 0) is 4.79 Å². The lowest BCUT2D eigenvalue weighted by Crippen LogP contribution is -2.06. The maximum absolute atomic E-state index is 9.98. The van der Waals surface area contributed by atoms with E-state index in [1.54, 1.807) is 24.3 Å². The van der Waals surface area contributed by atoms with Gasteiger partial charge in [0.05, 0.1) is 0 Å². The Kier molecular flexibility index (Phi) is 2.46. The van der Waals surface area contributed by atoms with E-state index in [0.717, 1.165) is 11.4 Å².